The van der Waals surface area contributed by atoms with Crippen LogP contribution in [0.15, 0.2) is 79.1 Å². The number of rotatable bonds is 3. The van der Waals surface area contributed by atoms with E-state index < -0.39 is 17.6 Å². The summed E-state index contributed by atoms with van der Waals surface area (Å²) in [5, 5.41) is 4.59. The summed E-state index contributed by atoms with van der Waals surface area (Å²) in [5.41, 5.74) is 2.43. The van der Waals surface area contributed by atoms with Gasteiger partial charge in [0.2, 0.25) is 0 Å². The van der Waals surface area contributed by atoms with E-state index in [1.165, 1.54) is 12.1 Å². The Labute approximate surface area is 171 Å². The van der Waals surface area contributed by atoms with Gasteiger partial charge in [0.05, 0.1) is 5.56 Å². The average Bonchev–Trinajstić information content (AvgIpc) is 2.73. The van der Waals surface area contributed by atoms with E-state index in [2.05, 4.69) is 10.3 Å². The molecular weight excluding hydrogens is 389 g/mol. The van der Waals surface area contributed by atoms with Gasteiger partial charge in [-0.1, -0.05) is 24.3 Å². The molecule has 1 amide bonds. The van der Waals surface area contributed by atoms with Gasteiger partial charge in [0, 0.05) is 29.0 Å². The first-order valence-corrected chi connectivity index (χ1v) is 9.25. The highest BCUT2D eigenvalue weighted by atomic mass is 19.4. The number of amides is 1. The van der Waals surface area contributed by atoms with E-state index in [-0.39, 0.29) is 5.69 Å². The van der Waals surface area contributed by atoms with Crippen molar-refractivity contribution < 1.29 is 18.0 Å². The second-order valence-electron chi connectivity index (χ2n) is 7.00. The van der Waals surface area contributed by atoms with Crippen LogP contribution in [-0.2, 0) is 6.18 Å². The maximum atomic E-state index is 12.9. The number of hydrogen-bond acceptors (Lipinski definition) is 2. The summed E-state index contributed by atoms with van der Waals surface area (Å²) in [6.07, 6.45) is -0.965. The van der Waals surface area contributed by atoms with Gasteiger partial charge in [-0.05, 0) is 71.5 Å². The molecule has 1 heterocycles. The fourth-order valence-corrected chi connectivity index (χ4v) is 3.30. The van der Waals surface area contributed by atoms with E-state index in [9.17, 15) is 18.0 Å². The molecule has 0 aliphatic rings. The summed E-state index contributed by atoms with van der Waals surface area (Å²) < 4.78 is 38.7. The molecule has 0 radical (unpaired) electrons. The maximum absolute atomic E-state index is 12.9. The van der Waals surface area contributed by atoms with Crippen LogP contribution in [-0.4, -0.2) is 10.9 Å². The Kier molecular flexibility index (Phi) is 4.99. The maximum Gasteiger partial charge on any atom is 0.416 e. The molecule has 0 unspecified atom stereocenters. The summed E-state index contributed by atoms with van der Waals surface area (Å²) in [4.78, 5) is 16.8. The molecular formula is C24H17F3N2O. The number of aromatic nitrogens is 1. The number of anilines is 1. The number of halogens is 3. The van der Waals surface area contributed by atoms with Gasteiger partial charge in [0.15, 0.2) is 0 Å². The number of pyridine rings is 1. The van der Waals surface area contributed by atoms with Crippen LogP contribution in [0.3, 0.4) is 0 Å². The average molecular weight is 406 g/mol. The topological polar surface area (TPSA) is 42.0 Å². The number of aryl methyl sites for hydroxylation is 1. The second-order valence-corrected chi connectivity index (χ2v) is 7.00. The van der Waals surface area contributed by atoms with Gasteiger partial charge in [-0.3, -0.25) is 9.78 Å². The number of carbonyl (C=O) groups is 1. The van der Waals surface area contributed by atoms with Gasteiger partial charge in [-0.25, -0.2) is 0 Å². The molecule has 0 fully saturated rings. The minimum atomic E-state index is -4.47. The minimum Gasteiger partial charge on any atom is -0.322 e. The Hall–Kier alpha value is -3.67. The number of alkyl halides is 3. The highest BCUT2D eigenvalue weighted by molar-refractivity contribution is 6.05. The molecule has 0 aliphatic carbocycles. The Morgan fingerprint density at radius 2 is 1.77 bits per heavy atom. The van der Waals surface area contributed by atoms with Crippen LogP contribution in [0.1, 0.15) is 21.5 Å². The van der Waals surface area contributed by atoms with Gasteiger partial charge in [-0.15, -0.1) is 0 Å². The molecule has 4 rings (SSSR count). The molecule has 0 atom stereocenters. The molecule has 30 heavy (non-hydrogen) atoms. The van der Waals surface area contributed by atoms with Crippen LogP contribution in [0.5, 0.6) is 0 Å². The van der Waals surface area contributed by atoms with Crippen LogP contribution in [0, 0.1) is 6.92 Å². The largest absolute Gasteiger partial charge is 0.416 e. The van der Waals surface area contributed by atoms with Crippen molar-refractivity contribution in [2.45, 2.75) is 13.1 Å². The molecule has 0 bridgehead atoms. The van der Waals surface area contributed by atoms with Crippen LogP contribution < -0.4 is 5.32 Å². The van der Waals surface area contributed by atoms with Crippen LogP contribution in [0.4, 0.5) is 18.9 Å². The quantitative estimate of drug-likeness (QED) is 0.423. The van der Waals surface area contributed by atoms with Crippen LogP contribution in [0.25, 0.3) is 21.9 Å². The Balaban J connectivity index is 1.65. The second kappa shape index (κ2) is 7.63. The third kappa shape index (κ3) is 4.03. The van der Waals surface area contributed by atoms with Gasteiger partial charge >= 0.3 is 6.18 Å². The molecule has 1 aromatic heterocycles. The van der Waals surface area contributed by atoms with Crippen molar-refractivity contribution in [3.05, 3.63) is 95.8 Å². The lowest BCUT2D eigenvalue weighted by atomic mass is 9.96. The number of nitrogens with zero attached hydrogens (tertiary/aromatic N) is 1. The molecule has 6 heteroatoms. The van der Waals surface area contributed by atoms with Crippen molar-refractivity contribution in [1.29, 1.82) is 0 Å². The molecule has 4 aromatic rings. The standard InChI is InChI=1S/C24H17F3N2O/c1-15-5-6-18(23(30)29-21-4-2-3-20(13-21)24(25,26)27)12-22(15)17-8-7-16-9-10-28-14-19(16)11-17/h2-14H,1H3,(H,29,30). The lowest BCUT2D eigenvalue weighted by Crippen LogP contribution is -2.13. The number of fused-ring (bicyclic) bond motifs is 1. The van der Waals surface area contributed by atoms with Crippen molar-refractivity contribution in [3.8, 4) is 11.1 Å². The molecule has 3 aromatic carbocycles. The first-order valence-electron chi connectivity index (χ1n) is 9.25. The zero-order valence-electron chi connectivity index (χ0n) is 16.0. The van der Waals surface area contributed by atoms with E-state index in [0.29, 0.717) is 5.56 Å². The normalized spacial score (nSPS) is 11.5. The van der Waals surface area contributed by atoms with Crippen molar-refractivity contribution in [1.82, 2.24) is 4.98 Å². The number of benzene rings is 3. The summed E-state index contributed by atoms with van der Waals surface area (Å²) in [6.45, 7) is 1.94. The fourth-order valence-electron chi connectivity index (χ4n) is 3.30. The molecule has 0 saturated heterocycles. The first-order chi connectivity index (χ1) is 14.3. The lowest BCUT2D eigenvalue weighted by Gasteiger charge is -2.12. The van der Waals surface area contributed by atoms with E-state index in [1.54, 1.807) is 24.5 Å². The Morgan fingerprint density at radius 3 is 2.57 bits per heavy atom. The van der Waals surface area contributed by atoms with Crippen molar-refractivity contribution in [2.24, 2.45) is 0 Å². The molecule has 1 N–H and O–H groups in total. The number of hydrogen-bond donors (Lipinski definition) is 1. The summed E-state index contributed by atoms with van der Waals surface area (Å²) in [7, 11) is 0. The summed E-state index contributed by atoms with van der Waals surface area (Å²) >= 11 is 0. The first kappa shape index (κ1) is 19.6. The fraction of sp³-hybridized carbons (Fsp3) is 0.0833. The Morgan fingerprint density at radius 1 is 0.933 bits per heavy atom. The third-order valence-corrected chi connectivity index (χ3v) is 4.90. The van der Waals surface area contributed by atoms with Crippen molar-refractivity contribution in [2.75, 3.05) is 5.32 Å². The van der Waals surface area contributed by atoms with E-state index in [1.807, 2.05) is 37.3 Å². The molecule has 3 nitrogen and oxygen atoms in total. The summed E-state index contributed by atoms with van der Waals surface area (Å²) in [5.74, 6) is -0.474. The van der Waals surface area contributed by atoms with E-state index in [0.717, 1.165) is 39.6 Å². The summed E-state index contributed by atoms with van der Waals surface area (Å²) in [6, 6.07) is 17.7. The zero-order valence-corrected chi connectivity index (χ0v) is 16.0. The predicted octanol–water partition coefficient (Wildman–Crippen LogP) is 6.48. The lowest BCUT2D eigenvalue weighted by molar-refractivity contribution is -0.137. The van der Waals surface area contributed by atoms with Gasteiger partial charge < -0.3 is 5.32 Å². The third-order valence-electron chi connectivity index (χ3n) is 4.90. The van der Waals surface area contributed by atoms with E-state index in [4.69, 9.17) is 0 Å². The molecule has 0 spiro atoms. The molecule has 150 valence electrons. The van der Waals surface area contributed by atoms with Crippen molar-refractivity contribution >= 4 is 22.4 Å². The van der Waals surface area contributed by atoms with Gasteiger partial charge in [0.25, 0.3) is 5.91 Å². The zero-order chi connectivity index (χ0) is 21.3. The predicted molar refractivity (Wildman–Crippen MR) is 111 cm³/mol. The Bertz CT molecular complexity index is 1250. The highest BCUT2D eigenvalue weighted by Gasteiger charge is 2.30. The molecule has 0 aliphatic heterocycles. The van der Waals surface area contributed by atoms with E-state index >= 15 is 0 Å². The van der Waals surface area contributed by atoms with Gasteiger partial charge in [0.1, 0.15) is 0 Å². The van der Waals surface area contributed by atoms with Crippen LogP contribution in [0.2, 0.25) is 0 Å². The smallest absolute Gasteiger partial charge is 0.322 e. The minimum absolute atomic E-state index is 0.0914. The van der Waals surface area contributed by atoms with Crippen molar-refractivity contribution in [3.63, 3.8) is 0 Å². The number of carbonyl (C=O) groups excluding carboxylic acids is 1. The highest BCUT2D eigenvalue weighted by Crippen LogP contribution is 2.31. The van der Waals surface area contributed by atoms with Crippen LogP contribution >= 0.6 is 0 Å². The number of nitrogens with one attached hydrogen (secondary N) is 1. The monoisotopic (exact) mass is 406 g/mol. The molecule has 0 saturated carbocycles. The van der Waals surface area contributed by atoms with Gasteiger partial charge in [-0.2, -0.15) is 13.2 Å². The SMILES string of the molecule is Cc1ccc(C(=O)Nc2cccc(C(F)(F)F)c2)cc1-c1ccc2ccncc2c1.